The van der Waals surface area contributed by atoms with Gasteiger partial charge in [0.25, 0.3) is 0 Å². The minimum absolute atomic E-state index is 0.0894. The van der Waals surface area contributed by atoms with Gasteiger partial charge in [0.1, 0.15) is 0 Å². The summed E-state index contributed by atoms with van der Waals surface area (Å²) in [5, 5.41) is 6.04. The van der Waals surface area contributed by atoms with Crippen molar-refractivity contribution in [1.29, 1.82) is 0 Å². The fraction of sp³-hybridized carbons (Fsp3) is 0.333. The van der Waals surface area contributed by atoms with Crippen LogP contribution in [0.2, 0.25) is 0 Å². The second-order valence-electron chi connectivity index (χ2n) is 4.15. The van der Waals surface area contributed by atoms with Crippen LogP contribution in [-0.4, -0.2) is 24.4 Å². The van der Waals surface area contributed by atoms with Gasteiger partial charge in [0.2, 0.25) is 11.8 Å². The molecule has 0 bridgehead atoms. The highest BCUT2D eigenvalue weighted by Crippen LogP contribution is 2.05. The maximum atomic E-state index is 11.0. The van der Waals surface area contributed by atoms with Gasteiger partial charge in [-0.3, -0.25) is 9.59 Å². The van der Waals surface area contributed by atoms with Gasteiger partial charge >= 0.3 is 0 Å². The molecule has 2 amide bonds. The number of hydrogen-bond acceptors (Lipinski definition) is 3. The van der Waals surface area contributed by atoms with Crippen LogP contribution in [-0.2, 0) is 11.3 Å². The Hall–Kier alpha value is -1.88. The van der Waals surface area contributed by atoms with Crippen molar-refractivity contribution in [3.63, 3.8) is 0 Å². The van der Waals surface area contributed by atoms with Crippen molar-refractivity contribution in [1.82, 2.24) is 10.6 Å². The summed E-state index contributed by atoms with van der Waals surface area (Å²) in [5.74, 6) is -0.332. The molecular weight excluding hydrogens is 218 g/mol. The zero-order chi connectivity index (χ0) is 12.3. The van der Waals surface area contributed by atoms with E-state index in [1.807, 2.05) is 12.1 Å². The maximum Gasteiger partial charge on any atom is 0.248 e. The Labute approximate surface area is 99.4 Å². The van der Waals surface area contributed by atoms with Crippen molar-refractivity contribution in [3.05, 3.63) is 35.4 Å². The standard InChI is InChI=1S/C12H15N3O2/c13-12(17)9-3-1-8(2-4-9)6-14-10-5-11(16)15-7-10/h1-4,10,14H,5-7H2,(H2,13,17)(H,15,16). The molecule has 1 fully saturated rings. The first-order chi connectivity index (χ1) is 8.15. The number of nitrogens with one attached hydrogen (secondary N) is 2. The first-order valence-electron chi connectivity index (χ1n) is 5.54. The molecule has 2 rings (SSSR count). The Morgan fingerprint density at radius 3 is 2.65 bits per heavy atom. The van der Waals surface area contributed by atoms with E-state index in [4.69, 9.17) is 5.73 Å². The van der Waals surface area contributed by atoms with Gasteiger partial charge in [-0.15, -0.1) is 0 Å². The van der Waals surface area contributed by atoms with Gasteiger partial charge in [-0.1, -0.05) is 12.1 Å². The van der Waals surface area contributed by atoms with E-state index in [0.29, 0.717) is 25.1 Å². The lowest BCUT2D eigenvalue weighted by Crippen LogP contribution is -2.30. The second kappa shape index (κ2) is 4.97. The number of carbonyl (C=O) groups excluding carboxylic acids is 2. The molecule has 90 valence electrons. The number of hydrogen-bond donors (Lipinski definition) is 3. The normalized spacial score (nSPS) is 19.1. The summed E-state index contributed by atoms with van der Waals surface area (Å²) in [5.41, 5.74) is 6.72. The summed E-state index contributed by atoms with van der Waals surface area (Å²) in [6.07, 6.45) is 0.527. The van der Waals surface area contributed by atoms with Crippen LogP contribution in [0.15, 0.2) is 24.3 Å². The van der Waals surface area contributed by atoms with Crippen molar-refractivity contribution >= 4 is 11.8 Å². The number of carbonyl (C=O) groups is 2. The minimum atomic E-state index is -0.421. The predicted molar refractivity (Wildman–Crippen MR) is 63.2 cm³/mol. The third-order valence-corrected chi connectivity index (χ3v) is 2.81. The highest BCUT2D eigenvalue weighted by Gasteiger charge is 2.20. The van der Waals surface area contributed by atoms with Gasteiger partial charge in [0.05, 0.1) is 0 Å². The Morgan fingerprint density at radius 1 is 1.41 bits per heavy atom. The van der Waals surface area contributed by atoms with E-state index in [1.54, 1.807) is 12.1 Å². The van der Waals surface area contributed by atoms with E-state index >= 15 is 0 Å². The van der Waals surface area contributed by atoms with Crippen molar-refractivity contribution in [2.45, 2.75) is 19.0 Å². The van der Waals surface area contributed by atoms with Crippen LogP contribution in [0.5, 0.6) is 0 Å². The SMILES string of the molecule is NC(=O)c1ccc(CNC2CNC(=O)C2)cc1. The summed E-state index contributed by atoms with van der Waals surface area (Å²) >= 11 is 0. The molecule has 5 heteroatoms. The first kappa shape index (κ1) is 11.6. The van der Waals surface area contributed by atoms with E-state index in [-0.39, 0.29) is 11.9 Å². The topological polar surface area (TPSA) is 84.2 Å². The highest BCUT2D eigenvalue weighted by molar-refractivity contribution is 5.92. The molecule has 0 radical (unpaired) electrons. The molecule has 4 N–H and O–H groups in total. The molecule has 1 aliphatic heterocycles. The zero-order valence-corrected chi connectivity index (χ0v) is 9.40. The molecule has 1 saturated heterocycles. The maximum absolute atomic E-state index is 11.0. The lowest BCUT2D eigenvalue weighted by atomic mass is 10.1. The smallest absolute Gasteiger partial charge is 0.248 e. The van der Waals surface area contributed by atoms with Crippen LogP contribution in [0.25, 0.3) is 0 Å². The molecule has 5 nitrogen and oxygen atoms in total. The molecule has 0 saturated carbocycles. The molecule has 0 aromatic heterocycles. The molecular formula is C12H15N3O2. The largest absolute Gasteiger partial charge is 0.366 e. The van der Waals surface area contributed by atoms with Crippen LogP contribution < -0.4 is 16.4 Å². The number of nitrogens with two attached hydrogens (primary N) is 1. The highest BCUT2D eigenvalue weighted by atomic mass is 16.2. The molecule has 1 unspecified atom stereocenters. The van der Waals surface area contributed by atoms with E-state index < -0.39 is 5.91 Å². The summed E-state index contributed by atoms with van der Waals surface area (Å²) in [6.45, 7) is 1.36. The van der Waals surface area contributed by atoms with Crippen LogP contribution in [0.1, 0.15) is 22.3 Å². The van der Waals surface area contributed by atoms with Crippen molar-refractivity contribution in [2.24, 2.45) is 5.73 Å². The number of amides is 2. The van der Waals surface area contributed by atoms with E-state index in [9.17, 15) is 9.59 Å². The molecule has 1 aromatic carbocycles. The van der Waals surface area contributed by atoms with E-state index in [2.05, 4.69) is 10.6 Å². The summed E-state index contributed by atoms with van der Waals surface area (Å²) in [7, 11) is 0. The Balaban J connectivity index is 1.87. The fourth-order valence-corrected chi connectivity index (χ4v) is 1.80. The van der Waals surface area contributed by atoms with Crippen molar-refractivity contribution in [3.8, 4) is 0 Å². The number of primary amides is 1. The van der Waals surface area contributed by atoms with Crippen LogP contribution in [0, 0.1) is 0 Å². The Bertz CT molecular complexity index is 428. The van der Waals surface area contributed by atoms with Gasteiger partial charge in [0.15, 0.2) is 0 Å². The Morgan fingerprint density at radius 2 is 2.12 bits per heavy atom. The second-order valence-corrected chi connectivity index (χ2v) is 4.15. The summed E-state index contributed by atoms with van der Waals surface area (Å²) in [4.78, 5) is 21.9. The van der Waals surface area contributed by atoms with Crippen molar-refractivity contribution < 1.29 is 9.59 Å². The zero-order valence-electron chi connectivity index (χ0n) is 9.40. The monoisotopic (exact) mass is 233 g/mol. The van der Waals surface area contributed by atoms with E-state index in [1.165, 1.54) is 0 Å². The van der Waals surface area contributed by atoms with Crippen LogP contribution in [0.3, 0.4) is 0 Å². The fourth-order valence-electron chi connectivity index (χ4n) is 1.80. The number of benzene rings is 1. The van der Waals surface area contributed by atoms with Crippen LogP contribution in [0.4, 0.5) is 0 Å². The first-order valence-corrected chi connectivity index (χ1v) is 5.54. The average molecular weight is 233 g/mol. The van der Waals surface area contributed by atoms with Gasteiger partial charge in [-0.2, -0.15) is 0 Å². The lowest BCUT2D eigenvalue weighted by molar-refractivity contribution is -0.119. The molecule has 1 atom stereocenters. The van der Waals surface area contributed by atoms with Crippen molar-refractivity contribution in [2.75, 3.05) is 6.54 Å². The third-order valence-electron chi connectivity index (χ3n) is 2.81. The van der Waals surface area contributed by atoms with Gasteiger partial charge in [-0.25, -0.2) is 0 Å². The minimum Gasteiger partial charge on any atom is -0.366 e. The summed E-state index contributed by atoms with van der Waals surface area (Å²) < 4.78 is 0. The van der Waals surface area contributed by atoms with Gasteiger partial charge in [0, 0.05) is 31.1 Å². The quantitative estimate of drug-likeness (QED) is 0.671. The van der Waals surface area contributed by atoms with Crippen LogP contribution >= 0.6 is 0 Å². The van der Waals surface area contributed by atoms with Gasteiger partial charge < -0.3 is 16.4 Å². The molecule has 1 heterocycles. The lowest BCUT2D eigenvalue weighted by Gasteiger charge is -2.10. The Kier molecular flexibility index (Phi) is 3.39. The van der Waals surface area contributed by atoms with E-state index in [0.717, 1.165) is 5.56 Å². The number of rotatable bonds is 4. The summed E-state index contributed by atoms with van der Waals surface area (Å²) in [6, 6.07) is 7.32. The average Bonchev–Trinajstić information content (AvgIpc) is 2.73. The molecule has 1 aliphatic rings. The third kappa shape index (κ3) is 3.04. The molecule has 0 spiro atoms. The molecule has 0 aliphatic carbocycles. The molecule has 1 aromatic rings. The predicted octanol–water partition coefficient (Wildman–Crippen LogP) is -0.236. The van der Waals surface area contributed by atoms with Gasteiger partial charge in [-0.05, 0) is 17.7 Å². The molecule has 17 heavy (non-hydrogen) atoms.